The van der Waals surface area contributed by atoms with Gasteiger partial charge in [-0.15, -0.1) is 0 Å². The second kappa shape index (κ2) is 11.0. The van der Waals surface area contributed by atoms with Crippen LogP contribution in [0.25, 0.3) is 21.9 Å². The summed E-state index contributed by atoms with van der Waals surface area (Å²) in [5.41, 5.74) is 9.15. The topological polar surface area (TPSA) is 121 Å². The van der Waals surface area contributed by atoms with Crippen LogP contribution < -0.4 is 11.1 Å². The summed E-state index contributed by atoms with van der Waals surface area (Å²) in [7, 11) is -3.46. The van der Waals surface area contributed by atoms with Crippen molar-refractivity contribution in [1.29, 1.82) is 0 Å². The first kappa shape index (κ1) is 26.6. The van der Waals surface area contributed by atoms with Crippen LogP contribution in [0.5, 0.6) is 0 Å². The smallest absolute Gasteiger partial charge is 0.180 e. The first-order valence-corrected chi connectivity index (χ1v) is 14.7. The number of aromatic nitrogens is 3. The van der Waals surface area contributed by atoms with E-state index >= 15 is 0 Å². The summed E-state index contributed by atoms with van der Waals surface area (Å²) in [5, 5.41) is 4.36. The zero-order valence-electron chi connectivity index (χ0n) is 21.9. The van der Waals surface area contributed by atoms with Crippen molar-refractivity contribution in [3.63, 3.8) is 0 Å². The van der Waals surface area contributed by atoms with Crippen molar-refractivity contribution >= 4 is 37.6 Å². The number of anilines is 1. The fraction of sp³-hybridized carbons (Fsp3) is 0.429. The summed E-state index contributed by atoms with van der Waals surface area (Å²) in [6, 6.07) is 14.8. The highest BCUT2D eigenvalue weighted by Gasteiger charge is 2.36. The van der Waals surface area contributed by atoms with Crippen molar-refractivity contribution in [2.45, 2.75) is 50.3 Å². The summed E-state index contributed by atoms with van der Waals surface area (Å²) in [5.74, 6) is 1.04. The maximum Gasteiger partial charge on any atom is 0.180 e. The quantitative estimate of drug-likeness (QED) is 0.315. The van der Waals surface area contributed by atoms with Gasteiger partial charge in [-0.1, -0.05) is 35.9 Å². The van der Waals surface area contributed by atoms with E-state index in [4.69, 9.17) is 20.2 Å². The van der Waals surface area contributed by atoms with Crippen LogP contribution in [0.4, 0.5) is 5.82 Å². The zero-order chi connectivity index (χ0) is 26.8. The number of fused-ring (bicyclic) bond motifs is 3. The number of aryl methyl sites for hydroxylation is 1. The molecule has 3 heterocycles. The van der Waals surface area contributed by atoms with E-state index in [1.807, 2.05) is 50.2 Å². The molecule has 5 rings (SSSR count). The highest BCUT2D eigenvalue weighted by molar-refractivity contribution is 7.91. The number of nitrogens with zero attached hydrogens (tertiary/aromatic N) is 3. The molecule has 0 amide bonds. The van der Waals surface area contributed by atoms with Gasteiger partial charge in [-0.2, -0.15) is 0 Å². The van der Waals surface area contributed by atoms with E-state index in [1.165, 1.54) is 0 Å². The minimum Gasteiger partial charge on any atom is -0.382 e. The van der Waals surface area contributed by atoms with Crippen molar-refractivity contribution in [3.05, 3.63) is 59.9 Å². The predicted octanol–water partition coefficient (Wildman–Crippen LogP) is 3.62. The molecule has 2 aromatic carbocycles. The normalized spacial score (nSPS) is 15.8. The average Bonchev–Trinajstić information content (AvgIpc) is 3.26. The molecular weight excluding hydrogens is 502 g/mol. The molecule has 0 atom stereocenters. The molecule has 38 heavy (non-hydrogen) atoms. The van der Waals surface area contributed by atoms with Gasteiger partial charge in [-0.3, -0.25) is 0 Å². The van der Waals surface area contributed by atoms with E-state index in [0.29, 0.717) is 36.0 Å². The Kier molecular flexibility index (Phi) is 7.67. The minimum absolute atomic E-state index is 0.0818. The van der Waals surface area contributed by atoms with Gasteiger partial charge in [-0.25, -0.2) is 18.4 Å². The summed E-state index contributed by atoms with van der Waals surface area (Å²) < 4.78 is 40.4. The molecule has 202 valence electrons. The van der Waals surface area contributed by atoms with Crippen molar-refractivity contribution in [1.82, 2.24) is 19.9 Å². The van der Waals surface area contributed by atoms with Crippen molar-refractivity contribution in [3.8, 4) is 0 Å². The first-order chi connectivity index (χ1) is 18.3. The second-order valence-electron chi connectivity index (χ2n) is 9.88. The van der Waals surface area contributed by atoms with Crippen LogP contribution >= 0.6 is 0 Å². The lowest BCUT2D eigenvalue weighted by atomic mass is 9.91. The molecule has 0 unspecified atom stereocenters. The monoisotopic (exact) mass is 537 g/mol. The standard InChI is InChI=1S/C28H35N5O4S/c1-3-36-18-24-32-25-26(22-6-4-5-7-23(22)31-27(25)29)33(24)19-28(12-14-30-15-13-28)37-16-17-38(34,35)21-10-8-20(2)9-11-21/h4-11,30H,3,12-19H2,1-2H3,(H2,29,31). The van der Waals surface area contributed by atoms with E-state index in [9.17, 15) is 8.42 Å². The fourth-order valence-electron chi connectivity index (χ4n) is 5.13. The molecular formula is C28H35N5O4S. The maximum absolute atomic E-state index is 13.0. The Morgan fingerprint density at radius 2 is 1.82 bits per heavy atom. The Morgan fingerprint density at radius 1 is 1.08 bits per heavy atom. The Hall–Kier alpha value is -3.05. The van der Waals surface area contributed by atoms with Crippen molar-refractivity contribution in [2.24, 2.45) is 0 Å². The number of hydrogen-bond acceptors (Lipinski definition) is 8. The molecule has 1 aliphatic heterocycles. The molecule has 4 aromatic rings. The third-order valence-corrected chi connectivity index (χ3v) is 8.92. The maximum atomic E-state index is 13.0. The predicted molar refractivity (Wildman–Crippen MR) is 149 cm³/mol. The lowest BCUT2D eigenvalue weighted by Crippen LogP contribution is -2.47. The van der Waals surface area contributed by atoms with E-state index in [2.05, 4.69) is 14.9 Å². The van der Waals surface area contributed by atoms with Gasteiger partial charge in [0.2, 0.25) is 0 Å². The number of nitrogens with two attached hydrogens (primary N) is 1. The van der Waals surface area contributed by atoms with E-state index in [-0.39, 0.29) is 12.4 Å². The summed E-state index contributed by atoms with van der Waals surface area (Å²) in [4.78, 5) is 9.73. The molecule has 10 heteroatoms. The SMILES string of the molecule is CCOCc1nc2c(N)nc3ccccc3c2n1CC1(OCCS(=O)(=O)c2ccc(C)cc2)CCNCC1. The van der Waals surface area contributed by atoms with Crippen molar-refractivity contribution < 1.29 is 17.9 Å². The summed E-state index contributed by atoms with van der Waals surface area (Å²) in [6.07, 6.45) is 1.48. The largest absolute Gasteiger partial charge is 0.382 e. The molecule has 3 N–H and O–H groups in total. The van der Waals surface area contributed by atoms with Gasteiger partial charge in [0.05, 0.1) is 40.4 Å². The molecule has 1 aliphatic rings. The molecule has 0 saturated carbocycles. The number of para-hydroxylation sites is 1. The number of nitrogens with one attached hydrogen (secondary N) is 1. The number of pyridine rings is 1. The van der Waals surface area contributed by atoms with Gasteiger partial charge in [0.1, 0.15) is 17.9 Å². The number of sulfone groups is 1. The van der Waals surface area contributed by atoms with E-state index < -0.39 is 15.4 Å². The van der Waals surface area contributed by atoms with Crippen LogP contribution in [0.15, 0.2) is 53.4 Å². The Morgan fingerprint density at radius 3 is 2.55 bits per heavy atom. The molecule has 0 radical (unpaired) electrons. The third kappa shape index (κ3) is 5.40. The number of imidazole rings is 1. The average molecular weight is 538 g/mol. The fourth-order valence-corrected chi connectivity index (χ4v) is 6.22. The zero-order valence-corrected chi connectivity index (χ0v) is 22.8. The Labute approximate surface area is 223 Å². The van der Waals surface area contributed by atoms with Gasteiger partial charge < -0.3 is 25.1 Å². The number of hydrogen-bond donors (Lipinski definition) is 2. The van der Waals surface area contributed by atoms with Gasteiger partial charge >= 0.3 is 0 Å². The number of ether oxygens (including phenoxy) is 2. The third-order valence-electron chi connectivity index (χ3n) is 7.23. The Balaban J connectivity index is 1.49. The van der Waals surface area contributed by atoms with Gasteiger partial charge in [0.15, 0.2) is 15.7 Å². The highest BCUT2D eigenvalue weighted by atomic mass is 32.2. The van der Waals surface area contributed by atoms with Crippen LogP contribution in [-0.4, -0.2) is 60.6 Å². The highest BCUT2D eigenvalue weighted by Crippen LogP contribution is 2.33. The van der Waals surface area contributed by atoms with Crippen LogP contribution in [0.1, 0.15) is 31.2 Å². The van der Waals surface area contributed by atoms with Crippen LogP contribution in [0.3, 0.4) is 0 Å². The molecule has 0 spiro atoms. The molecule has 0 bridgehead atoms. The van der Waals surface area contributed by atoms with E-state index in [0.717, 1.165) is 53.7 Å². The van der Waals surface area contributed by atoms with Crippen molar-refractivity contribution in [2.75, 3.05) is 37.8 Å². The summed E-state index contributed by atoms with van der Waals surface area (Å²) >= 11 is 0. The van der Waals surface area contributed by atoms with Crippen LogP contribution in [0, 0.1) is 6.92 Å². The molecule has 9 nitrogen and oxygen atoms in total. The van der Waals surface area contributed by atoms with Gasteiger partial charge in [0, 0.05) is 12.0 Å². The number of piperidine rings is 1. The second-order valence-corrected chi connectivity index (χ2v) is 12.0. The number of rotatable bonds is 10. The van der Waals surface area contributed by atoms with Crippen LogP contribution in [-0.2, 0) is 32.5 Å². The molecule has 0 aliphatic carbocycles. The van der Waals surface area contributed by atoms with E-state index in [1.54, 1.807) is 12.1 Å². The lowest BCUT2D eigenvalue weighted by Gasteiger charge is -2.38. The lowest BCUT2D eigenvalue weighted by molar-refractivity contribution is -0.0708. The Bertz CT molecular complexity index is 1530. The molecule has 2 aromatic heterocycles. The molecule has 1 saturated heterocycles. The van der Waals surface area contributed by atoms with Gasteiger partial charge in [0.25, 0.3) is 0 Å². The number of benzene rings is 2. The number of nitrogen functional groups attached to an aromatic ring is 1. The van der Waals surface area contributed by atoms with Crippen LogP contribution in [0.2, 0.25) is 0 Å². The first-order valence-electron chi connectivity index (χ1n) is 13.1. The molecule has 1 fully saturated rings. The summed E-state index contributed by atoms with van der Waals surface area (Å²) in [6.45, 7) is 6.94. The van der Waals surface area contributed by atoms with Gasteiger partial charge in [-0.05, 0) is 58.0 Å². The minimum atomic E-state index is -3.46.